The van der Waals surface area contributed by atoms with Crippen molar-refractivity contribution in [2.45, 2.75) is 20.0 Å². The molecule has 0 atom stereocenters. The Morgan fingerprint density at radius 1 is 1.03 bits per heavy atom. The number of hydrogen-bond acceptors (Lipinski definition) is 7. The van der Waals surface area contributed by atoms with Crippen LogP contribution < -0.4 is 14.2 Å². The molecule has 1 aliphatic rings. The number of carbonyl (C=O) groups excluding carboxylic acids is 1. The first-order valence-corrected chi connectivity index (χ1v) is 10.0. The Balaban J connectivity index is 2.17. The highest BCUT2D eigenvalue weighted by Gasteiger charge is 2.35. The van der Waals surface area contributed by atoms with Crippen molar-refractivity contribution in [1.29, 1.82) is 0 Å². The lowest BCUT2D eigenvalue weighted by Gasteiger charge is -2.21. The number of phenolic OH excluding ortho intramolecular Hbond substituents is 1. The lowest BCUT2D eigenvalue weighted by molar-refractivity contribution is 0.101. The molecule has 0 saturated carbocycles. The standard InChI is InChI=1S/C24H30N2O5/c1-14-16(12-25(2)3)21(27)17(13-26(4)5)24-20(14)22(28)19(31-24)11-15-9-8-10-18(29-6)23(15)30-7/h8-11,27H,12-13H2,1-7H3. The lowest BCUT2D eigenvalue weighted by Crippen LogP contribution is -2.16. The Hall–Kier alpha value is -3.03. The monoisotopic (exact) mass is 426 g/mol. The Kier molecular flexibility index (Phi) is 6.57. The fourth-order valence-electron chi connectivity index (χ4n) is 3.84. The van der Waals surface area contributed by atoms with E-state index in [2.05, 4.69) is 0 Å². The normalized spacial score (nSPS) is 14.4. The predicted octanol–water partition coefficient (Wildman–Crippen LogP) is 3.46. The molecule has 7 nitrogen and oxygen atoms in total. The van der Waals surface area contributed by atoms with Crippen LogP contribution in [-0.2, 0) is 13.1 Å². The summed E-state index contributed by atoms with van der Waals surface area (Å²) >= 11 is 0. The highest BCUT2D eigenvalue weighted by atomic mass is 16.5. The number of phenols is 1. The van der Waals surface area contributed by atoms with Crippen molar-refractivity contribution in [3.05, 3.63) is 51.8 Å². The van der Waals surface area contributed by atoms with E-state index < -0.39 is 0 Å². The highest BCUT2D eigenvalue weighted by Crippen LogP contribution is 2.45. The van der Waals surface area contributed by atoms with Crippen molar-refractivity contribution in [2.75, 3.05) is 42.4 Å². The van der Waals surface area contributed by atoms with E-state index in [4.69, 9.17) is 14.2 Å². The maximum Gasteiger partial charge on any atom is 0.232 e. The molecule has 0 bridgehead atoms. The number of ether oxygens (including phenoxy) is 3. The first-order valence-electron chi connectivity index (χ1n) is 10.0. The molecule has 1 heterocycles. The molecule has 0 saturated heterocycles. The summed E-state index contributed by atoms with van der Waals surface area (Å²) in [6.45, 7) is 2.81. The number of ketones is 1. The first kappa shape index (κ1) is 22.7. The molecule has 0 aliphatic carbocycles. The van der Waals surface area contributed by atoms with E-state index >= 15 is 0 Å². The van der Waals surface area contributed by atoms with Gasteiger partial charge in [0.25, 0.3) is 0 Å². The van der Waals surface area contributed by atoms with Crippen molar-refractivity contribution in [2.24, 2.45) is 0 Å². The number of hydrogen-bond donors (Lipinski definition) is 1. The summed E-state index contributed by atoms with van der Waals surface area (Å²) in [6.07, 6.45) is 1.66. The largest absolute Gasteiger partial charge is 0.507 e. The second-order valence-corrected chi connectivity index (χ2v) is 8.13. The molecule has 1 N–H and O–H groups in total. The smallest absolute Gasteiger partial charge is 0.232 e. The molecule has 0 aromatic heterocycles. The van der Waals surface area contributed by atoms with E-state index in [0.29, 0.717) is 47.0 Å². The molecular formula is C24H30N2O5. The van der Waals surface area contributed by atoms with Crippen LogP contribution in [0.4, 0.5) is 0 Å². The number of carbonyl (C=O) groups is 1. The van der Waals surface area contributed by atoms with Crippen LogP contribution in [0.15, 0.2) is 24.0 Å². The van der Waals surface area contributed by atoms with E-state index in [0.717, 1.165) is 11.1 Å². The highest BCUT2D eigenvalue weighted by molar-refractivity contribution is 6.16. The number of allylic oxidation sites excluding steroid dienone is 1. The Bertz CT molecular complexity index is 1040. The maximum absolute atomic E-state index is 13.4. The van der Waals surface area contributed by atoms with Crippen molar-refractivity contribution in [1.82, 2.24) is 9.80 Å². The summed E-state index contributed by atoms with van der Waals surface area (Å²) in [5.74, 6) is 1.65. The summed E-state index contributed by atoms with van der Waals surface area (Å²) in [5, 5.41) is 11.0. The van der Waals surface area contributed by atoms with Gasteiger partial charge in [0.1, 0.15) is 11.5 Å². The SMILES string of the molecule is COc1cccc(C=C2Oc3c(CN(C)C)c(O)c(CN(C)C)c(C)c3C2=O)c1OC. The third-order valence-corrected chi connectivity index (χ3v) is 5.23. The fourth-order valence-corrected chi connectivity index (χ4v) is 3.84. The molecule has 0 spiro atoms. The minimum Gasteiger partial charge on any atom is -0.507 e. The molecule has 1 aliphatic heterocycles. The van der Waals surface area contributed by atoms with Gasteiger partial charge in [0.15, 0.2) is 17.3 Å². The van der Waals surface area contributed by atoms with Gasteiger partial charge in [-0.05, 0) is 52.8 Å². The molecule has 2 aromatic carbocycles. The molecular weight excluding hydrogens is 396 g/mol. The molecule has 0 unspecified atom stereocenters. The summed E-state index contributed by atoms with van der Waals surface area (Å²) in [4.78, 5) is 17.3. The molecule has 7 heteroatoms. The van der Waals surface area contributed by atoms with Gasteiger partial charge >= 0.3 is 0 Å². The summed E-state index contributed by atoms with van der Waals surface area (Å²) in [5.41, 5.74) is 3.24. The summed E-state index contributed by atoms with van der Waals surface area (Å²) in [6, 6.07) is 5.44. The van der Waals surface area contributed by atoms with Gasteiger partial charge in [0.2, 0.25) is 5.78 Å². The van der Waals surface area contributed by atoms with Crippen LogP contribution in [0.3, 0.4) is 0 Å². The second kappa shape index (κ2) is 8.99. The fraction of sp³-hybridized carbons (Fsp3) is 0.375. The second-order valence-electron chi connectivity index (χ2n) is 8.13. The van der Waals surface area contributed by atoms with Gasteiger partial charge in [-0.15, -0.1) is 0 Å². The lowest BCUT2D eigenvalue weighted by atomic mass is 9.93. The minimum absolute atomic E-state index is 0.173. The quantitative estimate of drug-likeness (QED) is 0.680. The Morgan fingerprint density at radius 3 is 2.26 bits per heavy atom. The van der Waals surface area contributed by atoms with E-state index in [1.165, 1.54) is 0 Å². The molecule has 3 rings (SSSR count). The van der Waals surface area contributed by atoms with Gasteiger partial charge in [0.05, 0.1) is 25.3 Å². The van der Waals surface area contributed by atoms with Crippen LogP contribution in [0.25, 0.3) is 6.08 Å². The summed E-state index contributed by atoms with van der Waals surface area (Å²) in [7, 11) is 10.8. The van der Waals surface area contributed by atoms with Crippen LogP contribution >= 0.6 is 0 Å². The van der Waals surface area contributed by atoms with E-state index in [1.807, 2.05) is 57.0 Å². The van der Waals surface area contributed by atoms with Crippen molar-refractivity contribution in [3.63, 3.8) is 0 Å². The van der Waals surface area contributed by atoms with E-state index in [9.17, 15) is 9.90 Å². The van der Waals surface area contributed by atoms with E-state index in [1.54, 1.807) is 26.4 Å². The van der Waals surface area contributed by atoms with Crippen LogP contribution in [0, 0.1) is 6.92 Å². The predicted molar refractivity (Wildman–Crippen MR) is 120 cm³/mol. The Morgan fingerprint density at radius 2 is 1.68 bits per heavy atom. The zero-order valence-electron chi connectivity index (χ0n) is 19.2. The van der Waals surface area contributed by atoms with Crippen LogP contribution in [0.5, 0.6) is 23.0 Å². The van der Waals surface area contributed by atoms with Crippen LogP contribution in [0.1, 0.15) is 32.6 Å². The first-order chi connectivity index (χ1) is 14.7. The van der Waals surface area contributed by atoms with Crippen LogP contribution in [-0.4, -0.2) is 63.1 Å². The number of methoxy groups -OCH3 is 2. The average molecular weight is 427 g/mol. The molecule has 0 radical (unpaired) electrons. The third-order valence-electron chi connectivity index (χ3n) is 5.23. The third kappa shape index (κ3) is 4.24. The molecule has 166 valence electrons. The van der Waals surface area contributed by atoms with Crippen molar-refractivity contribution in [3.8, 4) is 23.0 Å². The molecule has 2 aromatic rings. The van der Waals surface area contributed by atoms with Gasteiger partial charge < -0.3 is 29.1 Å². The van der Waals surface area contributed by atoms with Gasteiger partial charge in [-0.2, -0.15) is 0 Å². The zero-order valence-corrected chi connectivity index (χ0v) is 19.2. The van der Waals surface area contributed by atoms with Gasteiger partial charge in [-0.25, -0.2) is 0 Å². The number of fused-ring (bicyclic) bond motifs is 1. The maximum atomic E-state index is 13.4. The molecule has 0 fully saturated rings. The van der Waals surface area contributed by atoms with Gasteiger partial charge in [-0.1, -0.05) is 12.1 Å². The molecule has 0 amide bonds. The number of benzene rings is 2. The Labute approximate surface area is 183 Å². The van der Waals surface area contributed by atoms with Crippen molar-refractivity contribution < 1.29 is 24.1 Å². The minimum atomic E-state index is -0.211. The van der Waals surface area contributed by atoms with Gasteiger partial charge in [-0.3, -0.25) is 4.79 Å². The van der Waals surface area contributed by atoms with Crippen LogP contribution in [0.2, 0.25) is 0 Å². The number of Topliss-reactive ketones (excluding diaryl/α,β-unsaturated/α-hetero) is 1. The number of nitrogens with zero attached hydrogens (tertiary/aromatic N) is 2. The number of rotatable bonds is 7. The summed E-state index contributed by atoms with van der Waals surface area (Å²) < 4.78 is 16.9. The molecule has 31 heavy (non-hydrogen) atoms. The van der Waals surface area contributed by atoms with Gasteiger partial charge in [0, 0.05) is 24.2 Å². The zero-order chi connectivity index (χ0) is 22.9. The number of para-hydroxylation sites is 1. The van der Waals surface area contributed by atoms with Crippen molar-refractivity contribution >= 4 is 11.9 Å². The van der Waals surface area contributed by atoms with E-state index in [-0.39, 0.29) is 17.3 Å². The number of aromatic hydroxyl groups is 1. The topological polar surface area (TPSA) is 71.5 Å². The average Bonchev–Trinajstić information content (AvgIpc) is 3.04.